The van der Waals surface area contributed by atoms with Crippen LogP contribution >= 0.6 is 0 Å². The zero-order valence-electron chi connectivity index (χ0n) is 13.1. The second-order valence-electron chi connectivity index (χ2n) is 5.91. The number of hydrogen-bond acceptors (Lipinski definition) is 3. The quantitative estimate of drug-likeness (QED) is 0.861. The second-order valence-corrected chi connectivity index (χ2v) is 5.91. The number of carbonyl (C=O) groups excluding carboxylic acids is 1. The lowest BCUT2D eigenvalue weighted by Gasteiger charge is -2.17. The standard InChI is InChI=1S/C18H20FN3O/c1-2-20-17(23)13-7-8-16(21-11-13)22-12-18(9-10-18)14-5-3-4-6-15(14)19/h3-8,11H,2,9-10,12H2,1H3,(H,20,23)(H,21,22). The van der Waals surface area contributed by atoms with Crippen molar-refractivity contribution in [1.82, 2.24) is 10.3 Å². The summed E-state index contributed by atoms with van der Waals surface area (Å²) in [5.41, 5.74) is 1.17. The Bertz CT molecular complexity index is 696. The van der Waals surface area contributed by atoms with Crippen LogP contribution in [0, 0.1) is 5.82 Å². The van der Waals surface area contributed by atoms with Crippen LogP contribution in [0.25, 0.3) is 0 Å². The van der Waals surface area contributed by atoms with E-state index in [9.17, 15) is 9.18 Å². The van der Waals surface area contributed by atoms with Crippen LogP contribution in [0.1, 0.15) is 35.7 Å². The molecule has 1 aromatic carbocycles. The minimum absolute atomic E-state index is 0.128. The van der Waals surface area contributed by atoms with Crippen molar-refractivity contribution in [3.63, 3.8) is 0 Å². The molecule has 5 heteroatoms. The zero-order chi connectivity index (χ0) is 16.3. The molecule has 0 bridgehead atoms. The molecule has 120 valence electrons. The van der Waals surface area contributed by atoms with Gasteiger partial charge in [0.1, 0.15) is 11.6 Å². The number of nitrogens with zero attached hydrogens (tertiary/aromatic N) is 1. The van der Waals surface area contributed by atoms with Crippen molar-refractivity contribution < 1.29 is 9.18 Å². The first-order chi connectivity index (χ1) is 11.1. The van der Waals surface area contributed by atoms with Gasteiger partial charge in [0.15, 0.2) is 0 Å². The van der Waals surface area contributed by atoms with Gasteiger partial charge in [0, 0.05) is 24.7 Å². The van der Waals surface area contributed by atoms with Gasteiger partial charge < -0.3 is 10.6 Å². The first kappa shape index (κ1) is 15.5. The maximum Gasteiger partial charge on any atom is 0.252 e. The molecular formula is C18H20FN3O. The first-order valence-corrected chi connectivity index (χ1v) is 7.88. The Morgan fingerprint density at radius 3 is 2.65 bits per heavy atom. The normalized spacial score (nSPS) is 15.0. The molecule has 2 N–H and O–H groups in total. The Hall–Kier alpha value is -2.43. The molecule has 0 spiro atoms. The smallest absolute Gasteiger partial charge is 0.252 e. The van der Waals surface area contributed by atoms with Crippen LogP contribution in [0.3, 0.4) is 0 Å². The molecule has 3 rings (SSSR count). The molecule has 2 aromatic rings. The van der Waals surface area contributed by atoms with E-state index in [1.54, 1.807) is 24.4 Å². The molecule has 0 saturated heterocycles. The number of nitrogens with one attached hydrogen (secondary N) is 2. The van der Waals surface area contributed by atoms with Gasteiger partial charge in [-0.25, -0.2) is 9.37 Å². The Morgan fingerprint density at radius 1 is 1.26 bits per heavy atom. The van der Waals surface area contributed by atoms with Crippen LogP contribution in [-0.2, 0) is 5.41 Å². The van der Waals surface area contributed by atoms with Gasteiger partial charge >= 0.3 is 0 Å². The third-order valence-electron chi connectivity index (χ3n) is 4.27. The van der Waals surface area contributed by atoms with Crippen molar-refractivity contribution in [2.45, 2.75) is 25.2 Å². The Morgan fingerprint density at radius 2 is 2.04 bits per heavy atom. The molecule has 4 nitrogen and oxygen atoms in total. The monoisotopic (exact) mass is 313 g/mol. The van der Waals surface area contributed by atoms with Gasteiger partial charge in [-0.05, 0) is 43.5 Å². The lowest BCUT2D eigenvalue weighted by atomic mass is 9.95. The number of hydrogen-bond donors (Lipinski definition) is 2. The van der Waals surface area contributed by atoms with E-state index in [4.69, 9.17) is 0 Å². The van der Waals surface area contributed by atoms with Gasteiger partial charge in [-0.15, -0.1) is 0 Å². The van der Waals surface area contributed by atoms with Crippen molar-refractivity contribution >= 4 is 11.7 Å². The van der Waals surface area contributed by atoms with Gasteiger partial charge in [0.25, 0.3) is 5.91 Å². The Kier molecular flexibility index (Phi) is 4.28. The summed E-state index contributed by atoms with van der Waals surface area (Å²) >= 11 is 0. The number of rotatable bonds is 6. The van der Waals surface area contributed by atoms with Crippen LogP contribution in [0.5, 0.6) is 0 Å². The lowest BCUT2D eigenvalue weighted by Crippen LogP contribution is -2.23. The Balaban J connectivity index is 1.65. The highest BCUT2D eigenvalue weighted by molar-refractivity contribution is 5.93. The van der Waals surface area contributed by atoms with Crippen molar-refractivity contribution in [3.05, 3.63) is 59.5 Å². The number of amides is 1. The average molecular weight is 313 g/mol. The van der Waals surface area contributed by atoms with Crippen molar-refractivity contribution in [2.24, 2.45) is 0 Å². The summed E-state index contributed by atoms with van der Waals surface area (Å²) in [6.07, 6.45) is 3.49. The van der Waals surface area contributed by atoms with E-state index in [0.717, 1.165) is 18.4 Å². The number of halogens is 1. The van der Waals surface area contributed by atoms with Gasteiger partial charge in [-0.2, -0.15) is 0 Å². The SMILES string of the molecule is CCNC(=O)c1ccc(NCC2(c3ccccc3F)CC2)nc1. The number of anilines is 1. The molecule has 0 unspecified atom stereocenters. The van der Waals surface area contributed by atoms with Crippen LogP contribution in [0.2, 0.25) is 0 Å². The number of benzene rings is 1. The fraction of sp³-hybridized carbons (Fsp3) is 0.333. The van der Waals surface area contributed by atoms with Gasteiger partial charge in [-0.1, -0.05) is 18.2 Å². The molecular weight excluding hydrogens is 293 g/mol. The molecule has 0 atom stereocenters. The average Bonchev–Trinajstić information content (AvgIpc) is 3.35. The molecule has 1 amide bonds. The summed E-state index contributed by atoms with van der Waals surface area (Å²) in [4.78, 5) is 16.0. The van der Waals surface area contributed by atoms with E-state index in [1.807, 2.05) is 19.1 Å². The van der Waals surface area contributed by atoms with E-state index in [1.165, 1.54) is 6.07 Å². The van der Waals surface area contributed by atoms with Crippen LogP contribution in [0.4, 0.5) is 10.2 Å². The molecule has 1 aromatic heterocycles. The number of aromatic nitrogens is 1. The molecule has 0 aliphatic heterocycles. The van der Waals surface area contributed by atoms with Crippen molar-refractivity contribution in [3.8, 4) is 0 Å². The highest BCUT2D eigenvalue weighted by Crippen LogP contribution is 2.48. The fourth-order valence-electron chi connectivity index (χ4n) is 2.74. The topological polar surface area (TPSA) is 54.0 Å². The predicted octanol–water partition coefficient (Wildman–Crippen LogP) is 3.11. The summed E-state index contributed by atoms with van der Waals surface area (Å²) in [5, 5.41) is 6.00. The van der Waals surface area contributed by atoms with E-state index in [2.05, 4.69) is 15.6 Å². The van der Waals surface area contributed by atoms with Crippen LogP contribution in [0.15, 0.2) is 42.6 Å². The molecule has 1 heterocycles. The van der Waals surface area contributed by atoms with Crippen LogP contribution in [-0.4, -0.2) is 24.0 Å². The second kappa shape index (κ2) is 6.36. The third kappa shape index (κ3) is 3.33. The largest absolute Gasteiger partial charge is 0.369 e. The highest BCUT2D eigenvalue weighted by Gasteiger charge is 2.45. The number of pyridine rings is 1. The van der Waals surface area contributed by atoms with E-state index < -0.39 is 0 Å². The molecule has 23 heavy (non-hydrogen) atoms. The summed E-state index contributed by atoms with van der Waals surface area (Å²) in [6, 6.07) is 10.5. The van der Waals surface area contributed by atoms with E-state index in [-0.39, 0.29) is 17.1 Å². The summed E-state index contributed by atoms with van der Waals surface area (Å²) in [7, 11) is 0. The molecule has 1 aliphatic carbocycles. The van der Waals surface area contributed by atoms with Crippen LogP contribution < -0.4 is 10.6 Å². The maximum atomic E-state index is 14.0. The summed E-state index contributed by atoms with van der Waals surface area (Å²) in [5.74, 6) is 0.420. The zero-order valence-corrected chi connectivity index (χ0v) is 13.1. The number of carbonyl (C=O) groups is 1. The summed E-state index contributed by atoms with van der Waals surface area (Å²) < 4.78 is 14.0. The summed E-state index contributed by atoms with van der Waals surface area (Å²) in [6.45, 7) is 3.10. The van der Waals surface area contributed by atoms with Gasteiger partial charge in [0.2, 0.25) is 0 Å². The predicted molar refractivity (Wildman–Crippen MR) is 88.0 cm³/mol. The Labute approximate surface area is 135 Å². The highest BCUT2D eigenvalue weighted by atomic mass is 19.1. The molecule has 0 radical (unpaired) electrons. The first-order valence-electron chi connectivity index (χ1n) is 7.88. The van der Waals surface area contributed by atoms with E-state index in [0.29, 0.717) is 24.5 Å². The van der Waals surface area contributed by atoms with Gasteiger partial charge in [0.05, 0.1) is 5.56 Å². The molecule has 1 saturated carbocycles. The van der Waals surface area contributed by atoms with Gasteiger partial charge in [-0.3, -0.25) is 4.79 Å². The maximum absolute atomic E-state index is 14.0. The fourth-order valence-corrected chi connectivity index (χ4v) is 2.74. The molecule has 1 aliphatic rings. The minimum Gasteiger partial charge on any atom is -0.369 e. The molecule has 1 fully saturated rings. The van der Waals surface area contributed by atoms with E-state index >= 15 is 0 Å². The minimum atomic E-state index is -0.147. The third-order valence-corrected chi connectivity index (χ3v) is 4.27. The van der Waals surface area contributed by atoms with Crippen molar-refractivity contribution in [1.29, 1.82) is 0 Å². The lowest BCUT2D eigenvalue weighted by molar-refractivity contribution is 0.0955. The van der Waals surface area contributed by atoms with Crippen molar-refractivity contribution in [2.75, 3.05) is 18.4 Å².